The van der Waals surface area contributed by atoms with Crippen LogP contribution < -0.4 is 0 Å². The molecule has 0 unspecified atom stereocenters. The Balaban J connectivity index is 2.46. The third-order valence-electron chi connectivity index (χ3n) is 1.64. The number of nitrogens with zero attached hydrogens (tertiary/aromatic N) is 1. The molecule has 1 aliphatic heterocycles. The molecular formula is C7H11NO2S. The Labute approximate surface area is 70.1 Å². The van der Waals surface area contributed by atoms with Gasteiger partial charge >= 0.3 is 0 Å². The predicted octanol–water partition coefficient (Wildman–Crippen LogP) is 0.498. The van der Waals surface area contributed by atoms with Gasteiger partial charge in [0.15, 0.2) is 0 Å². The zero-order valence-electron chi connectivity index (χ0n) is 6.50. The number of thioether (sulfide) groups is 1. The van der Waals surface area contributed by atoms with Crippen molar-refractivity contribution in [2.45, 2.75) is 12.8 Å². The molecule has 1 aliphatic rings. The van der Waals surface area contributed by atoms with Crippen molar-refractivity contribution >= 4 is 23.6 Å². The van der Waals surface area contributed by atoms with Crippen molar-refractivity contribution < 1.29 is 9.59 Å². The number of amides is 2. The molecule has 3 nitrogen and oxygen atoms in total. The fraction of sp³-hybridized carbons (Fsp3) is 0.714. The minimum absolute atomic E-state index is 0.0101. The van der Waals surface area contributed by atoms with E-state index in [1.54, 1.807) is 0 Å². The summed E-state index contributed by atoms with van der Waals surface area (Å²) in [5.74, 6) is 0.371. The lowest BCUT2D eigenvalue weighted by Gasteiger charge is -2.11. The van der Waals surface area contributed by atoms with Gasteiger partial charge < -0.3 is 0 Å². The maximum atomic E-state index is 11.1. The highest BCUT2D eigenvalue weighted by Crippen LogP contribution is 2.10. The highest BCUT2D eigenvalue weighted by atomic mass is 32.2. The van der Waals surface area contributed by atoms with Gasteiger partial charge in [0, 0.05) is 13.0 Å². The molecule has 0 radical (unpaired) electrons. The third kappa shape index (κ3) is 1.96. The molecule has 0 bridgehead atoms. The first-order valence-electron chi connectivity index (χ1n) is 3.58. The van der Waals surface area contributed by atoms with E-state index in [1.807, 2.05) is 6.26 Å². The van der Waals surface area contributed by atoms with Crippen LogP contribution in [0.4, 0.5) is 0 Å². The van der Waals surface area contributed by atoms with Crippen molar-refractivity contribution in [3.05, 3.63) is 0 Å². The third-order valence-corrected chi connectivity index (χ3v) is 2.18. The Morgan fingerprint density at radius 2 is 2.45 bits per heavy atom. The van der Waals surface area contributed by atoms with E-state index in [4.69, 9.17) is 0 Å². The number of carbonyl (C=O) groups excluding carboxylic acids is 2. The minimum atomic E-state index is -0.0417. The average Bonchev–Trinajstić information content (AvgIpc) is 2.36. The lowest BCUT2D eigenvalue weighted by atomic mass is 10.4. The summed E-state index contributed by atoms with van der Waals surface area (Å²) in [5.41, 5.74) is 0. The van der Waals surface area contributed by atoms with Gasteiger partial charge in [-0.05, 0) is 12.7 Å². The number of imide groups is 1. The molecule has 0 aliphatic carbocycles. The fourth-order valence-electron chi connectivity index (χ4n) is 1.11. The monoisotopic (exact) mass is 173 g/mol. The van der Waals surface area contributed by atoms with E-state index < -0.39 is 0 Å². The summed E-state index contributed by atoms with van der Waals surface area (Å²) in [6.07, 6.45) is 3.23. The summed E-state index contributed by atoms with van der Waals surface area (Å²) in [7, 11) is 0. The zero-order chi connectivity index (χ0) is 8.27. The largest absolute Gasteiger partial charge is 0.282 e. The van der Waals surface area contributed by atoms with E-state index >= 15 is 0 Å². The van der Waals surface area contributed by atoms with Crippen LogP contribution >= 0.6 is 11.8 Å². The Hall–Kier alpha value is -0.510. The highest BCUT2D eigenvalue weighted by Gasteiger charge is 2.25. The summed E-state index contributed by atoms with van der Waals surface area (Å²) >= 11 is 1.46. The van der Waals surface area contributed by atoms with Crippen molar-refractivity contribution in [1.82, 2.24) is 4.90 Å². The van der Waals surface area contributed by atoms with Gasteiger partial charge in [0.2, 0.25) is 11.8 Å². The predicted molar refractivity (Wildman–Crippen MR) is 44.3 cm³/mol. The van der Waals surface area contributed by atoms with E-state index in [2.05, 4.69) is 0 Å². The lowest BCUT2D eigenvalue weighted by Crippen LogP contribution is -2.33. The number of hydrogen-bond donors (Lipinski definition) is 0. The molecule has 1 rings (SSSR count). The van der Waals surface area contributed by atoms with Crippen LogP contribution in [0.25, 0.3) is 0 Å². The van der Waals surface area contributed by atoms with Crippen LogP contribution in [-0.4, -0.2) is 35.3 Å². The normalized spacial score (nSPS) is 17.5. The summed E-state index contributed by atoms with van der Waals surface area (Å²) < 4.78 is 0. The molecule has 4 heteroatoms. The number of rotatable bonds is 2. The molecule has 0 N–H and O–H groups in total. The van der Waals surface area contributed by atoms with E-state index in [-0.39, 0.29) is 11.8 Å². The molecule has 1 heterocycles. The van der Waals surface area contributed by atoms with Gasteiger partial charge in [-0.25, -0.2) is 0 Å². The summed E-state index contributed by atoms with van der Waals surface area (Å²) in [6, 6.07) is 0. The van der Waals surface area contributed by atoms with Gasteiger partial charge in [0.05, 0.1) is 5.75 Å². The number of hydrogen-bond acceptors (Lipinski definition) is 3. The molecule has 62 valence electrons. The molecule has 1 fully saturated rings. The van der Waals surface area contributed by atoms with Crippen molar-refractivity contribution in [1.29, 1.82) is 0 Å². The van der Waals surface area contributed by atoms with Crippen LogP contribution in [0.2, 0.25) is 0 Å². The SMILES string of the molecule is CSCC(=O)N1CCCC1=O. The molecule has 0 aromatic heterocycles. The second-order valence-corrected chi connectivity index (χ2v) is 3.34. The van der Waals surface area contributed by atoms with E-state index in [9.17, 15) is 9.59 Å². The van der Waals surface area contributed by atoms with Crippen molar-refractivity contribution in [2.75, 3.05) is 18.6 Å². The Morgan fingerprint density at radius 1 is 1.73 bits per heavy atom. The van der Waals surface area contributed by atoms with Gasteiger partial charge in [0.25, 0.3) is 0 Å². The Morgan fingerprint density at radius 3 is 2.91 bits per heavy atom. The molecule has 11 heavy (non-hydrogen) atoms. The lowest BCUT2D eigenvalue weighted by molar-refractivity contribution is -0.140. The molecule has 0 spiro atoms. The summed E-state index contributed by atoms with van der Waals surface area (Å²) in [5, 5.41) is 0. The maximum Gasteiger partial charge on any atom is 0.239 e. The first kappa shape index (κ1) is 8.59. The van der Waals surface area contributed by atoms with Crippen molar-refractivity contribution in [2.24, 2.45) is 0 Å². The number of carbonyl (C=O) groups is 2. The van der Waals surface area contributed by atoms with E-state index in [0.717, 1.165) is 6.42 Å². The van der Waals surface area contributed by atoms with Crippen LogP contribution in [-0.2, 0) is 9.59 Å². The van der Waals surface area contributed by atoms with Crippen LogP contribution in [0.5, 0.6) is 0 Å². The first-order chi connectivity index (χ1) is 5.25. The molecule has 0 aromatic rings. The van der Waals surface area contributed by atoms with Gasteiger partial charge in [-0.15, -0.1) is 0 Å². The van der Waals surface area contributed by atoms with Gasteiger partial charge in [0.1, 0.15) is 0 Å². The second kappa shape index (κ2) is 3.76. The fourth-order valence-corrected chi connectivity index (χ4v) is 1.52. The molecule has 0 saturated carbocycles. The molecule has 1 saturated heterocycles. The summed E-state index contributed by atoms with van der Waals surface area (Å²) in [6.45, 7) is 0.623. The van der Waals surface area contributed by atoms with Gasteiger partial charge in [-0.2, -0.15) is 11.8 Å². The topological polar surface area (TPSA) is 37.4 Å². The Kier molecular flexibility index (Phi) is 2.93. The molecule has 0 atom stereocenters. The quantitative estimate of drug-likeness (QED) is 0.610. The first-order valence-corrected chi connectivity index (χ1v) is 4.97. The number of likely N-dealkylation sites (tertiary alicyclic amines) is 1. The van der Waals surface area contributed by atoms with Crippen LogP contribution in [0.3, 0.4) is 0 Å². The standard InChI is InChI=1S/C7H11NO2S/c1-11-5-7(10)8-4-2-3-6(8)9/h2-5H2,1H3. The smallest absolute Gasteiger partial charge is 0.239 e. The molecular weight excluding hydrogens is 162 g/mol. The van der Waals surface area contributed by atoms with E-state index in [1.165, 1.54) is 16.7 Å². The zero-order valence-corrected chi connectivity index (χ0v) is 7.32. The van der Waals surface area contributed by atoms with Crippen LogP contribution in [0, 0.1) is 0 Å². The summed E-state index contributed by atoms with van der Waals surface area (Å²) in [4.78, 5) is 23.5. The molecule has 2 amide bonds. The average molecular weight is 173 g/mol. The van der Waals surface area contributed by atoms with Crippen molar-refractivity contribution in [3.8, 4) is 0 Å². The van der Waals surface area contributed by atoms with Crippen LogP contribution in [0.1, 0.15) is 12.8 Å². The van der Waals surface area contributed by atoms with E-state index in [0.29, 0.717) is 18.7 Å². The maximum absolute atomic E-state index is 11.1. The second-order valence-electron chi connectivity index (χ2n) is 2.48. The van der Waals surface area contributed by atoms with Gasteiger partial charge in [-0.3, -0.25) is 14.5 Å². The van der Waals surface area contributed by atoms with Crippen LogP contribution in [0.15, 0.2) is 0 Å². The highest BCUT2D eigenvalue weighted by molar-refractivity contribution is 7.99. The Bertz CT molecular complexity index is 181. The van der Waals surface area contributed by atoms with Crippen molar-refractivity contribution in [3.63, 3.8) is 0 Å². The van der Waals surface area contributed by atoms with Gasteiger partial charge in [-0.1, -0.05) is 0 Å². The minimum Gasteiger partial charge on any atom is -0.282 e. The molecule has 0 aromatic carbocycles.